The first-order chi connectivity index (χ1) is 11.7. The van der Waals surface area contributed by atoms with Gasteiger partial charge in [0.25, 0.3) is 5.91 Å². The normalized spacial score (nSPS) is 10.4. The van der Waals surface area contributed by atoms with Gasteiger partial charge in [0.15, 0.2) is 0 Å². The highest BCUT2D eigenvalue weighted by Gasteiger charge is 2.13. The standard InChI is InChI=1S/C17H17N5O2/c1-12-15(7-8-16(20-12)24-2)21-17(23)14-6-4-3-5-13(14)9-22-11-18-10-19-22/h3-8,10-11H,9H2,1-2H3,(H,21,23). The van der Waals surface area contributed by atoms with E-state index < -0.39 is 0 Å². The van der Waals surface area contributed by atoms with Crippen molar-refractivity contribution >= 4 is 11.6 Å². The summed E-state index contributed by atoms with van der Waals surface area (Å²) in [4.78, 5) is 20.8. The van der Waals surface area contributed by atoms with E-state index in [2.05, 4.69) is 20.4 Å². The second kappa shape index (κ2) is 6.91. The van der Waals surface area contributed by atoms with Crippen LogP contribution in [0.1, 0.15) is 21.6 Å². The number of hydrogen-bond donors (Lipinski definition) is 1. The number of anilines is 1. The Bertz CT molecular complexity index is 846. The van der Waals surface area contributed by atoms with Gasteiger partial charge >= 0.3 is 0 Å². The third-order valence-electron chi connectivity index (χ3n) is 3.58. The van der Waals surface area contributed by atoms with E-state index in [0.29, 0.717) is 29.4 Å². The lowest BCUT2D eigenvalue weighted by molar-refractivity contribution is 0.102. The molecule has 0 atom stereocenters. The Morgan fingerprint density at radius 3 is 2.79 bits per heavy atom. The number of aromatic nitrogens is 4. The SMILES string of the molecule is COc1ccc(NC(=O)c2ccccc2Cn2cncn2)c(C)n1. The van der Waals surface area contributed by atoms with Crippen molar-refractivity contribution in [1.82, 2.24) is 19.7 Å². The predicted molar refractivity (Wildman–Crippen MR) is 89.0 cm³/mol. The summed E-state index contributed by atoms with van der Waals surface area (Å²) in [6, 6.07) is 10.9. The van der Waals surface area contributed by atoms with Crippen molar-refractivity contribution in [2.24, 2.45) is 0 Å². The third kappa shape index (κ3) is 3.40. The van der Waals surface area contributed by atoms with Gasteiger partial charge in [-0.15, -0.1) is 0 Å². The van der Waals surface area contributed by atoms with Crippen LogP contribution in [0.4, 0.5) is 5.69 Å². The number of amides is 1. The molecule has 3 rings (SSSR count). The van der Waals surface area contributed by atoms with E-state index in [1.54, 1.807) is 36.3 Å². The summed E-state index contributed by atoms with van der Waals surface area (Å²) in [5.74, 6) is 0.317. The first kappa shape index (κ1) is 15.7. The molecule has 1 N–H and O–H groups in total. The molecule has 0 radical (unpaired) electrons. The maximum absolute atomic E-state index is 12.7. The van der Waals surface area contributed by atoms with Gasteiger partial charge in [0, 0.05) is 11.6 Å². The van der Waals surface area contributed by atoms with Gasteiger partial charge < -0.3 is 10.1 Å². The number of carbonyl (C=O) groups excluding carboxylic acids is 1. The summed E-state index contributed by atoms with van der Waals surface area (Å²) in [5, 5.41) is 6.97. The minimum Gasteiger partial charge on any atom is -0.481 e. The Hall–Kier alpha value is -3.22. The van der Waals surface area contributed by atoms with Crippen LogP contribution >= 0.6 is 0 Å². The molecule has 0 aliphatic carbocycles. The fraction of sp³-hybridized carbons (Fsp3) is 0.176. The van der Waals surface area contributed by atoms with Gasteiger partial charge in [-0.25, -0.2) is 14.6 Å². The number of benzene rings is 1. The average Bonchev–Trinajstić information content (AvgIpc) is 3.10. The lowest BCUT2D eigenvalue weighted by atomic mass is 10.1. The summed E-state index contributed by atoms with van der Waals surface area (Å²) < 4.78 is 6.75. The van der Waals surface area contributed by atoms with E-state index in [4.69, 9.17) is 4.74 Å². The summed E-state index contributed by atoms with van der Waals surface area (Å²) in [7, 11) is 1.56. The van der Waals surface area contributed by atoms with Crippen LogP contribution in [0.15, 0.2) is 49.1 Å². The highest BCUT2D eigenvalue weighted by Crippen LogP contribution is 2.19. The van der Waals surface area contributed by atoms with Gasteiger partial charge in [-0.3, -0.25) is 4.79 Å². The molecule has 0 aliphatic rings. The minimum absolute atomic E-state index is 0.194. The van der Waals surface area contributed by atoms with E-state index in [-0.39, 0.29) is 5.91 Å². The molecule has 24 heavy (non-hydrogen) atoms. The van der Waals surface area contributed by atoms with Crippen LogP contribution < -0.4 is 10.1 Å². The van der Waals surface area contributed by atoms with Crippen LogP contribution in [0.2, 0.25) is 0 Å². The molecule has 0 spiro atoms. The first-order valence-electron chi connectivity index (χ1n) is 7.40. The molecule has 3 aromatic rings. The summed E-state index contributed by atoms with van der Waals surface area (Å²) in [6.45, 7) is 2.29. The van der Waals surface area contributed by atoms with Crippen molar-refractivity contribution in [2.45, 2.75) is 13.5 Å². The van der Waals surface area contributed by atoms with Crippen molar-refractivity contribution in [3.63, 3.8) is 0 Å². The number of nitrogens with one attached hydrogen (secondary N) is 1. The van der Waals surface area contributed by atoms with Crippen molar-refractivity contribution < 1.29 is 9.53 Å². The van der Waals surface area contributed by atoms with Gasteiger partial charge in [0.1, 0.15) is 12.7 Å². The largest absolute Gasteiger partial charge is 0.481 e. The first-order valence-corrected chi connectivity index (χ1v) is 7.40. The van der Waals surface area contributed by atoms with Gasteiger partial charge in [-0.2, -0.15) is 5.10 Å². The molecule has 0 saturated carbocycles. The quantitative estimate of drug-likeness (QED) is 0.779. The molecule has 2 aromatic heterocycles. The fourth-order valence-electron chi connectivity index (χ4n) is 2.34. The Kier molecular flexibility index (Phi) is 4.51. The van der Waals surface area contributed by atoms with Gasteiger partial charge in [-0.1, -0.05) is 18.2 Å². The minimum atomic E-state index is -0.194. The van der Waals surface area contributed by atoms with Gasteiger partial charge in [0.05, 0.1) is 25.0 Å². The fourth-order valence-corrected chi connectivity index (χ4v) is 2.34. The lowest BCUT2D eigenvalue weighted by Crippen LogP contribution is -2.16. The Morgan fingerprint density at radius 2 is 2.08 bits per heavy atom. The number of pyridine rings is 1. The van der Waals surface area contributed by atoms with E-state index in [1.807, 2.05) is 25.1 Å². The maximum Gasteiger partial charge on any atom is 0.256 e. The van der Waals surface area contributed by atoms with Crippen LogP contribution in [0.5, 0.6) is 5.88 Å². The molecule has 0 fully saturated rings. The van der Waals surface area contributed by atoms with E-state index in [1.165, 1.54) is 6.33 Å². The summed E-state index contributed by atoms with van der Waals surface area (Å²) in [6.07, 6.45) is 3.08. The van der Waals surface area contributed by atoms with Crippen LogP contribution in [-0.4, -0.2) is 32.8 Å². The molecular formula is C17H17N5O2. The number of methoxy groups -OCH3 is 1. The maximum atomic E-state index is 12.7. The molecule has 7 nitrogen and oxygen atoms in total. The van der Waals surface area contributed by atoms with Crippen molar-refractivity contribution in [1.29, 1.82) is 0 Å². The second-order valence-corrected chi connectivity index (χ2v) is 5.19. The van der Waals surface area contributed by atoms with E-state index in [9.17, 15) is 4.79 Å². The van der Waals surface area contributed by atoms with Gasteiger partial charge in [-0.05, 0) is 24.6 Å². The van der Waals surface area contributed by atoms with Gasteiger partial charge in [0.2, 0.25) is 5.88 Å². The summed E-state index contributed by atoms with van der Waals surface area (Å²) >= 11 is 0. The zero-order valence-corrected chi connectivity index (χ0v) is 13.4. The molecule has 1 amide bonds. The Balaban J connectivity index is 1.83. The molecular weight excluding hydrogens is 306 g/mol. The molecule has 1 aromatic carbocycles. The Labute approximate surface area is 139 Å². The number of aryl methyl sites for hydroxylation is 1. The molecule has 0 aliphatic heterocycles. The van der Waals surface area contributed by atoms with Crippen LogP contribution in [0.3, 0.4) is 0 Å². The molecule has 7 heteroatoms. The van der Waals surface area contributed by atoms with Crippen molar-refractivity contribution in [2.75, 3.05) is 12.4 Å². The number of nitrogens with zero attached hydrogens (tertiary/aromatic N) is 4. The topological polar surface area (TPSA) is 81.9 Å². The molecule has 0 saturated heterocycles. The van der Waals surface area contributed by atoms with E-state index >= 15 is 0 Å². The van der Waals surface area contributed by atoms with Crippen LogP contribution in [0, 0.1) is 6.92 Å². The van der Waals surface area contributed by atoms with Crippen molar-refractivity contribution in [3.8, 4) is 5.88 Å². The number of ether oxygens (including phenoxy) is 1. The monoisotopic (exact) mass is 323 g/mol. The lowest BCUT2D eigenvalue weighted by Gasteiger charge is -2.12. The molecule has 0 bridgehead atoms. The molecule has 122 valence electrons. The highest BCUT2D eigenvalue weighted by atomic mass is 16.5. The van der Waals surface area contributed by atoms with Crippen LogP contribution in [0.25, 0.3) is 0 Å². The highest BCUT2D eigenvalue weighted by molar-refractivity contribution is 6.05. The smallest absolute Gasteiger partial charge is 0.256 e. The number of rotatable bonds is 5. The number of hydrogen-bond acceptors (Lipinski definition) is 5. The predicted octanol–water partition coefficient (Wildman–Crippen LogP) is 2.29. The zero-order valence-electron chi connectivity index (χ0n) is 13.4. The average molecular weight is 323 g/mol. The second-order valence-electron chi connectivity index (χ2n) is 5.19. The Morgan fingerprint density at radius 1 is 1.25 bits per heavy atom. The van der Waals surface area contributed by atoms with Crippen LogP contribution in [-0.2, 0) is 6.54 Å². The number of carbonyl (C=O) groups is 1. The zero-order chi connectivity index (χ0) is 16.9. The van der Waals surface area contributed by atoms with Crippen molar-refractivity contribution in [3.05, 3.63) is 65.9 Å². The summed E-state index contributed by atoms with van der Waals surface area (Å²) in [5.41, 5.74) is 2.79. The third-order valence-corrected chi connectivity index (χ3v) is 3.58. The molecule has 2 heterocycles. The van der Waals surface area contributed by atoms with E-state index in [0.717, 1.165) is 5.56 Å². The molecule has 0 unspecified atom stereocenters.